The SMILES string of the molecule is Ic1cc2c3c(c1)[C@H]1C=NCC[C@@H]1N3CCSC2. The lowest BCUT2D eigenvalue weighted by atomic mass is 9.92. The zero-order chi connectivity index (χ0) is 12.1. The van der Waals surface area contributed by atoms with E-state index in [1.165, 1.54) is 33.6 Å². The number of hydrogen-bond donors (Lipinski definition) is 0. The molecule has 0 radical (unpaired) electrons. The molecular formula is C14H15IN2S. The molecule has 0 saturated heterocycles. The highest BCUT2D eigenvalue weighted by atomic mass is 127. The van der Waals surface area contributed by atoms with Gasteiger partial charge in [0.05, 0.1) is 0 Å². The Hall–Kier alpha value is -0.230. The average molecular weight is 370 g/mol. The van der Waals surface area contributed by atoms with Crippen LogP contribution in [0, 0.1) is 3.57 Å². The highest BCUT2D eigenvalue weighted by molar-refractivity contribution is 14.1. The Labute approximate surface area is 125 Å². The van der Waals surface area contributed by atoms with Crippen LogP contribution in [-0.2, 0) is 5.75 Å². The predicted molar refractivity (Wildman–Crippen MR) is 87.2 cm³/mol. The van der Waals surface area contributed by atoms with Gasteiger partial charge in [-0.15, -0.1) is 0 Å². The topological polar surface area (TPSA) is 15.6 Å². The van der Waals surface area contributed by atoms with E-state index in [2.05, 4.69) is 62.6 Å². The maximum atomic E-state index is 4.53. The molecule has 0 unspecified atom stereocenters. The molecule has 2 nitrogen and oxygen atoms in total. The largest absolute Gasteiger partial charge is 0.366 e. The van der Waals surface area contributed by atoms with Crippen LogP contribution in [0.1, 0.15) is 23.5 Å². The van der Waals surface area contributed by atoms with Gasteiger partial charge in [0.1, 0.15) is 0 Å². The summed E-state index contributed by atoms with van der Waals surface area (Å²) in [5.74, 6) is 2.97. The number of rotatable bonds is 0. The summed E-state index contributed by atoms with van der Waals surface area (Å²) in [6, 6.07) is 5.43. The van der Waals surface area contributed by atoms with Gasteiger partial charge < -0.3 is 4.90 Å². The first kappa shape index (κ1) is 11.6. The molecule has 4 rings (SSSR count). The fraction of sp³-hybridized carbons (Fsp3) is 0.500. The number of halogens is 1. The van der Waals surface area contributed by atoms with Crippen LogP contribution in [-0.4, -0.2) is 31.1 Å². The van der Waals surface area contributed by atoms with Crippen molar-refractivity contribution < 1.29 is 0 Å². The Bertz CT molecular complexity index is 529. The molecule has 0 aromatic heterocycles. The van der Waals surface area contributed by atoms with E-state index in [4.69, 9.17) is 0 Å². The van der Waals surface area contributed by atoms with Crippen molar-refractivity contribution in [1.29, 1.82) is 0 Å². The minimum Gasteiger partial charge on any atom is -0.366 e. The van der Waals surface area contributed by atoms with Crippen LogP contribution in [0.4, 0.5) is 5.69 Å². The summed E-state index contributed by atoms with van der Waals surface area (Å²) >= 11 is 4.53. The van der Waals surface area contributed by atoms with Gasteiger partial charge in [-0.25, -0.2) is 0 Å². The molecule has 0 amide bonds. The highest BCUT2D eigenvalue weighted by Gasteiger charge is 2.40. The molecule has 1 aromatic rings. The summed E-state index contributed by atoms with van der Waals surface area (Å²) in [4.78, 5) is 7.21. The van der Waals surface area contributed by atoms with Crippen molar-refractivity contribution in [1.82, 2.24) is 0 Å². The summed E-state index contributed by atoms with van der Waals surface area (Å²) in [5, 5.41) is 0. The van der Waals surface area contributed by atoms with Crippen molar-refractivity contribution in [2.45, 2.75) is 24.1 Å². The van der Waals surface area contributed by atoms with Crippen molar-refractivity contribution in [3.8, 4) is 0 Å². The summed E-state index contributed by atoms with van der Waals surface area (Å²) in [6.07, 6.45) is 3.43. The van der Waals surface area contributed by atoms with Gasteiger partial charge in [0, 0.05) is 52.0 Å². The third kappa shape index (κ3) is 1.64. The van der Waals surface area contributed by atoms with E-state index in [0.717, 1.165) is 6.54 Å². The molecule has 0 bridgehead atoms. The summed E-state index contributed by atoms with van der Waals surface area (Å²) in [6.45, 7) is 2.21. The molecular weight excluding hydrogens is 355 g/mol. The van der Waals surface area contributed by atoms with E-state index < -0.39 is 0 Å². The normalized spacial score (nSPS) is 28.8. The molecule has 3 heterocycles. The van der Waals surface area contributed by atoms with Crippen molar-refractivity contribution in [2.75, 3.05) is 23.7 Å². The lowest BCUT2D eigenvalue weighted by molar-refractivity contribution is 0.557. The first-order valence-corrected chi connectivity index (χ1v) is 8.74. The van der Waals surface area contributed by atoms with E-state index in [-0.39, 0.29) is 0 Å². The van der Waals surface area contributed by atoms with Crippen molar-refractivity contribution in [3.05, 3.63) is 26.8 Å². The second-order valence-corrected chi connectivity index (χ2v) is 7.54. The molecule has 1 aromatic carbocycles. The zero-order valence-electron chi connectivity index (χ0n) is 10.1. The van der Waals surface area contributed by atoms with Crippen LogP contribution in [0.15, 0.2) is 17.1 Å². The number of thioether (sulfide) groups is 1. The smallest absolute Gasteiger partial charge is 0.0451 e. The summed E-state index contributed by atoms with van der Waals surface area (Å²) < 4.78 is 1.38. The molecule has 18 heavy (non-hydrogen) atoms. The quantitative estimate of drug-likeness (QED) is 0.652. The van der Waals surface area contributed by atoms with Gasteiger partial charge in [0.2, 0.25) is 0 Å². The second kappa shape index (κ2) is 4.40. The maximum absolute atomic E-state index is 4.53. The van der Waals surface area contributed by atoms with Crippen molar-refractivity contribution in [3.63, 3.8) is 0 Å². The van der Waals surface area contributed by atoms with E-state index in [9.17, 15) is 0 Å². The number of aliphatic imine (C=N–C) groups is 1. The Balaban J connectivity index is 1.94. The highest BCUT2D eigenvalue weighted by Crippen LogP contribution is 2.47. The Morgan fingerprint density at radius 2 is 2.33 bits per heavy atom. The molecule has 0 spiro atoms. The van der Waals surface area contributed by atoms with E-state index >= 15 is 0 Å². The zero-order valence-corrected chi connectivity index (χ0v) is 13.1. The lowest BCUT2D eigenvalue weighted by Gasteiger charge is -2.30. The lowest BCUT2D eigenvalue weighted by Crippen LogP contribution is -2.38. The minimum absolute atomic E-state index is 0.547. The van der Waals surface area contributed by atoms with Crippen LogP contribution in [0.5, 0.6) is 0 Å². The average Bonchev–Trinajstić information content (AvgIpc) is 2.55. The van der Waals surface area contributed by atoms with Crippen LogP contribution >= 0.6 is 34.4 Å². The van der Waals surface area contributed by atoms with Gasteiger partial charge in [-0.1, -0.05) is 0 Å². The van der Waals surface area contributed by atoms with Gasteiger partial charge >= 0.3 is 0 Å². The van der Waals surface area contributed by atoms with Crippen LogP contribution in [0.25, 0.3) is 0 Å². The first-order chi connectivity index (χ1) is 8.84. The van der Waals surface area contributed by atoms with E-state index in [1.807, 2.05) is 0 Å². The van der Waals surface area contributed by atoms with Crippen molar-refractivity contribution in [2.24, 2.45) is 4.99 Å². The van der Waals surface area contributed by atoms with E-state index in [1.54, 1.807) is 11.3 Å². The maximum Gasteiger partial charge on any atom is 0.0451 e. The molecule has 0 saturated carbocycles. The van der Waals surface area contributed by atoms with Gasteiger partial charge in [0.25, 0.3) is 0 Å². The third-order valence-electron chi connectivity index (χ3n) is 4.20. The molecule has 4 heteroatoms. The third-order valence-corrected chi connectivity index (χ3v) is 5.81. The van der Waals surface area contributed by atoms with E-state index in [0.29, 0.717) is 12.0 Å². The second-order valence-electron chi connectivity index (χ2n) is 5.19. The molecule has 94 valence electrons. The van der Waals surface area contributed by atoms with Gasteiger partial charge in [-0.3, -0.25) is 4.99 Å². The standard InChI is InChI=1S/C14H15IN2S/c15-10-5-9-8-18-4-3-17-13-1-2-16-7-12(13)11(6-10)14(9)17/h5-7,12-13H,1-4,8H2/t12-,13+/m1/s1. The number of hydrogen-bond acceptors (Lipinski definition) is 3. The summed E-state index contributed by atoms with van der Waals surface area (Å²) in [5.41, 5.74) is 4.62. The Morgan fingerprint density at radius 1 is 1.39 bits per heavy atom. The monoisotopic (exact) mass is 370 g/mol. The Morgan fingerprint density at radius 3 is 3.28 bits per heavy atom. The fourth-order valence-electron chi connectivity index (χ4n) is 3.49. The van der Waals surface area contributed by atoms with Crippen LogP contribution in [0.3, 0.4) is 0 Å². The van der Waals surface area contributed by atoms with Crippen molar-refractivity contribution >= 4 is 46.3 Å². The molecule has 3 aliphatic rings. The molecule has 3 aliphatic heterocycles. The fourth-order valence-corrected chi connectivity index (χ4v) is 5.11. The molecule has 0 aliphatic carbocycles. The Kier molecular flexibility index (Phi) is 2.83. The number of fused-ring (bicyclic) bond motifs is 3. The van der Waals surface area contributed by atoms with Crippen LogP contribution < -0.4 is 4.90 Å². The minimum atomic E-state index is 0.547. The summed E-state index contributed by atoms with van der Waals surface area (Å²) in [7, 11) is 0. The number of benzene rings is 1. The van der Waals surface area contributed by atoms with Gasteiger partial charge in [-0.2, -0.15) is 11.8 Å². The molecule has 0 N–H and O–H groups in total. The predicted octanol–water partition coefficient (Wildman–Crippen LogP) is 3.28. The number of anilines is 1. The number of nitrogens with zero attached hydrogens (tertiary/aromatic N) is 2. The van der Waals surface area contributed by atoms with Gasteiger partial charge in [-0.05, 0) is 52.3 Å². The van der Waals surface area contributed by atoms with Crippen LogP contribution in [0.2, 0.25) is 0 Å². The molecule has 2 atom stereocenters. The van der Waals surface area contributed by atoms with Gasteiger partial charge in [0.15, 0.2) is 0 Å². The molecule has 0 fully saturated rings. The first-order valence-electron chi connectivity index (χ1n) is 6.51.